The van der Waals surface area contributed by atoms with Crippen LogP contribution >= 0.6 is 0 Å². The average molecular weight is 319 g/mol. The number of amides is 1. The molecule has 2 heteroatoms. The van der Waals surface area contributed by atoms with Crippen LogP contribution in [0.1, 0.15) is 29.5 Å². The third kappa shape index (κ3) is 7.41. The maximum absolute atomic E-state index is 10.1. The molecule has 1 amide bonds. The minimum absolute atomic E-state index is 0.204. The molecule has 0 spiro atoms. The number of carbonyl (C=O) groups is 1. The monoisotopic (exact) mass is 319 g/mol. The quantitative estimate of drug-likeness (QED) is 0.828. The van der Waals surface area contributed by atoms with Gasteiger partial charge in [0.05, 0.1) is 0 Å². The fourth-order valence-corrected chi connectivity index (χ4v) is 2.04. The first-order valence-electron chi connectivity index (χ1n) is 7.99. The maximum atomic E-state index is 10.1. The standard InChI is InChI=1S/C10H10.C8H8.C4H7NO/c1-3-9-7-5-6-8-10(9)4-2;1-2-8-6-4-3-5-7-8;6-4-2-1-3-5-4/h3-8H,1-2H2;2-7H,1H2;1-3H2,(H,5,6). The second-order valence-corrected chi connectivity index (χ2v) is 5.11. The van der Waals surface area contributed by atoms with Crippen LogP contribution in [0.5, 0.6) is 0 Å². The predicted molar refractivity (Wildman–Crippen MR) is 105 cm³/mol. The third-order valence-corrected chi connectivity index (χ3v) is 3.37. The highest BCUT2D eigenvalue weighted by Crippen LogP contribution is 2.10. The van der Waals surface area contributed by atoms with Gasteiger partial charge in [0.25, 0.3) is 0 Å². The molecule has 0 radical (unpaired) electrons. The van der Waals surface area contributed by atoms with E-state index in [1.54, 1.807) is 0 Å². The second kappa shape index (κ2) is 11.7. The largest absolute Gasteiger partial charge is 0.356 e. The van der Waals surface area contributed by atoms with Gasteiger partial charge in [-0.25, -0.2) is 0 Å². The lowest BCUT2D eigenvalue weighted by Gasteiger charge is -1.96. The van der Waals surface area contributed by atoms with Crippen LogP contribution in [-0.4, -0.2) is 12.5 Å². The number of benzene rings is 2. The molecule has 1 fully saturated rings. The first kappa shape index (κ1) is 19.2. The van der Waals surface area contributed by atoms with E-state index in [0.29, 0.717) is 0 Å². The van der Waals surface area contributed by atoms with E-state index in [-0.39, 0.29) is 5.91 Å². The summed E-state index contributed by atoms with van der Waals surface area (Å²) in [5, 5.41) is 2.68. The normalized spacial score (nSPS) is 11.8. The Kier molecular flexibility index (Phi) is 9.32. The van der Waals surface area contributed by atoms with E-state index in [1.807, 2.05) is 72.8 Å². The highest BCUT2D eigenvalue weighted by Gasteiger charge is 2.05. The molecule has 2 aromatic rings. The van der Waals surface area contributed by atoms with E-state index in [2.05, 4.69) is 25.1 Å². The minimum atomic E-state index is 0.204. The molecule has 1 N–H and O–H groups in total. The SMILES string of the molecule is C=Cc1ccccc1.C=Cc1ccccc1C=C.O=C1CCCN1. The second-order valence-electron chi connectivity index (χ2n) is 5.11. The van der Waals surface area contributed by atoms with Crippen LogP contribution in [0.4, 0.5) is 0 Å². The number of nitrogens with one attached hydrogen (secondary N) is 1. The molecule has 1 aliphatic heterocycles. The van der Waals surface area contributed by atoms with Gasteiger partial charge in [0.1, 0.15) is 0 Å². The fourth-order valence-electron chi connectivity index (χ4n) is 2.04. The van der Waals surface area contributed by atoms with Crippen molar-refractivity contribution in [2.24, 2.45) is 0 Å². The zero-order valence-corrected chi connectivity index (χ0v) is 14.1. The van der Waals surface area contributed by atoms with Gasteiger partial charge in [-0.05, 0) is 23.1 Å². The zero-order valence-electron chi connectivity index (χ0n) is 14.1. The van der Waals surface area contributed by atoms with E-state index in [9.17, 15) is 4.79 Å². The lowest BCUT2D eigenvalue weighted by molar-refractivity contribution is -0.119. The van der Waals surface area contributed by atoms with Crippen molar-refractivity contribution in [3.63, 3.8) is 0 Å². The van der Waals surface area contributed by atoms with E-state index < -0.39 is 0 Å². The molecule has 1 saturated heterocycles. The topological polar surface area (TPSA) is 29.1 Å². The van der Waals surface area contributed by atoms with Crippen molar-refractivity contribution in [3.8, 4) is 0 Å². The molecular weight excluding hydrogens is 294 g/mol. The van der Waals surface area contributed by atoms with Crippen molar-refractivity contribution in [1.29, 1.82) is 0 Å². The highest BCUT2D eigenvalue weighted by molar-refractivity contribution is 5.77. The van der Waals surface area contributed by atoms with Crippen molar-refractivity contribution in [2.75, 3.05) is 6.54 Å². The summed E-state index contributed by atoms with van der Waals surface area (Å²) >= 11 is 0. The number of hydrogen-bond donors (Lipinski definition) is 1. The van der Waals surface area contributed by atoms with Gasteiger partial charge in [-0.1, -0.05) is 92.6 Å². The highest BCUT2D eigenvalue weighted by atomic mass is 16.1. The summed E-state index contributed by atoms with van der Waals surface area (Å²) in [6.07, 6.45) is 7.26. The Morgan fingerprint density at radius 3 is 1.62 bits per heavy atom. The van der Waals surface area contributed by atoms with Crippen molar-refractivity contribution < 1.29 is 4.79 Å². The molecule has 1 aliphatic rings. The zero-order chi connectivity index (χ0) is 17.6. The van der Waals surface area contributed by atoms with Crippen molar-refractivity contribution in [1.82, 2.24) is 5.32 Å². The number of carbonyl (C=O) groups excluding carboxylic acids is 1. The fraction of sp³-hybridized carbons (Fsp3) is 0.136. The van der Waals surface area contributed by atoms with Gasteiger partial charge in [-0.3, -0.25) is 4.79 Å². The Balaban J connectivity index is 0.000000186. The van der Waals surface area contributed by atoms with Gasteiger partial charge >= 0.3 is 0 Å². The predicted octanol–water partition coefficient (Wildman–Crippen LogP) is 5.20. The van der Waals surface area contributed by atoms with Crippen molar-refractivity contribution >= 4 is 24.1 Å². The van der Waals surface area contributed by atoms with E-state index in [0.717, 1.165) is 30.5 Å². The average Bonchev–Trinajstić information content (AvgIpc) is 3.14. The summed E-state index contributed by atoms with van der Waals surface area (Å²) in [7, 11) is 0. The first-order chi connectivity index (χ1) is 11.7. The molecular formula is C22H25NO. The lowest BCUT2D eigenvalue weighted by Crippen LogP contribution is -2.12. The number of rotatable bonds is 3. The Morgan fingerprint density at radius 1 is 0.792 bits per heavy atom. The van der Waals surface area contributed by atoms with Crippen LogP contribution in [0.3, 0.4) is 0 Å². The molecule has 2 aromatic carbocycles. The van der Waals surface area contributed by atoms with Gasteiger partial charge in [0, 0.05) is 13.0 Å². The Hall–Kier alpha value is -2.87. The first-order valence-corrected chi connectivity index (χ1v) is 7.99. The molecule has 0 saturated carbocycles. The van der Waals surface area contributed by atoms with Crippen LogP contribution in [0.25, 0.3) is 18.2 Å². The molecule has 1 heterocycles. The van der Waals surface area contributed by atoms with Gasteiger partial charge in [-0.2, -0.15) is 0 Å². The molecule has 2 nitrogen and oxygen atoms in total. The van der Waals surface area contributed by atoms with E-state index >= 15 is 0 Å². The molecule has 0 aromatic heterocycles. The van der Waals surface area contributed by atoms with Crippen LogP contribution in [0.2, 0.25) is 0 Å². The van der Waals surface area contributed by atoms with Crippen LogP contribution < -0.4 is 5.32 Å². The molecule has 0 bridgehead atoms. The smallest absolute Gasteiger partial charge is 0.220 e. The van der Waals surface area contributed by atoms with E-state index in [4.69, 9.17) is 0 Å². The maximum Gasteiger partial charge on any atom is 0.220 e. The van der Waals surface area contributed by atoms with Gasteiger partial charge < -0.3 is 5.32 Å². The molecule has 0 unspecified atom stereocenters. The van der Waals surface area contributed by atoms with Crippen molar-refractivity contribution in [3.05, 3.63) is 91.0 Å². The van der Waals surface area contributed by atoms with Crippen LogP contribution in [0.15, 0.2) is 74.3 Å². The van der Waals surface area contributed by atoms with Crippen LogP contribution in [-0.2, 0) is 4.79 Å². The van der Waals surface area contributed by atoms with Gasteiger partial charge in [0.2, 0.25) is 5.91 Å². The molecule has 124 valence electrons. The third-order valence-electron chi connectivity index (χ3n) is 3.37. The van der Waals surface area contributed by atoms with Crippen LogP contribution in [0, 0.1) is 0 Å². The lowest BCUT2D eigenvalue weighted by atomic mass is 10.1. The molecule has 3 rings (SSSR count). The Morgan fingerprint density at radius 2 is 1.33 bits per heavy atom. The summed E-state index contributed by atoms with van der Waals surface area (Å²) in [6, 6.07) is 18.0. The Labute approximate surface area is 145 Å². The Bertz CT molecular complexity index is 624. The molecule has 0 atom stereocenters. The van der Waals surface area contributed by atoms with E-state index in [1.165, 1.54) is 5.56 Å². The summed E-state index contributed by atoms with van der Waals surface area (Å²) in [4.78, 5) is 10.1. The molecule has 0 aliphatic carbocycles. The summed E-state index contributed by atoms with van der Waals surface area (Å²) in [6.45, 7) is 11.9. The summed E-state index contributed by atoms with van der Waals surface area (Å²) in [5.41, 5.74) is 3.45. The summed E-state index contributed by atoms with van der Waals surface area (Å²) in [5.74, 6) is 0.204. The number of hydrogen-bond acceptors (Lipinski definition) is 1. The van der Waals surface area contributed by atoms with Gasteiger partial charge in [0.15, 0.2) is 0 Å². The minimum Gasteiger partial charge on any atom is -0.356 e. The van der Waals surface area contributed by atoms with Gasteiger partial charge in [-0.15, -0.1) is 0 Å². The van der Waals surface area contributed by atoms with Crippen molar-refractivity contribution in [2.45, 2.75) is 12.8 Å². The summed E-state index contributed by atoms with van der Waals surface area (Å²) < 4.78 is 0. The molecule has 24 heavy (non-hydrogen) atoms.